The maximum atomic E-state index is 11.3. The fraction of sp³-hybridized carbons (Fsp3) is 0.357. The largest absolute Gasteiger partial charge is 0.349 e. The van der Waals surface area contributed by atoms with Crippen LogP contribution in [0, 0.1) is 0 Å². The molecule has 100 valence electrons. The predicted molar refractivity (Wildman–Crippen MR) is 72.8 cm³/mol. The second-order valence-electron chi connectivity index (χ2n) is 5.26. The second-order valence-corrected chi connectivity index (χ2v) is 5.26. The molecule has 1 aromatic heterocycles. The highest BCUT2D eigenvalue weighted by Crippen LogP contribution is 2.24. The Morgan fingerprint density at radius 1 is 1.37 bits per heavy atom. The number of aromatic amines is 1. The van der Waals surface area contributed by atoms with Gasteiger partial charge in [0.05, 0.1) is 17.4 Å². The summed E-state index contributed by atoms with van der Waals surface area (Å²) < 4.78 is 0. The van der Waals surface area contributed by atoms with Crippen LogP contribution >= 0.6 is 0 Å². The van der Waals surface area contributed by atoms with Gasteiger partial charge in [-0.3, -0.25) is 9.59 Å². The molecule has 0 aliphatic rings. The zero-order chi connectivity index (χ0) is 14.0. The van der Waals surface area contributed by atoms with E-state index in [9.17, 15) is 9.59 Å². The molecule has 0 atom stereocenters. The summed E-state index contributed by atoms with van der Waals surface area (Å²) in [6, 6.07) is 5.95. The molecule has 0 radical (unpaired) electrons. The molecule has 1 aromatic carbocycles. The average molecular weight is 259 g/mol. The molecule has 2 aromatic rings. The maximum Gasteiger partial charge on any atom is 0.287 e. The first-order valence-electron chi connectivity index (χ1n) is 6.12. The summed E-state index contributed by atoms with van der Waals surface area (Å²) in [4.78, 5) is 29.5. The summed E-state index contributed by atoms with van der Waals surface area (Å²) >= 11 is 0. The van der Waals surface area contributed by atoms with Crippen LogP contribution in [0.4, 0.5) is 0 Å². The summed E-state index contributed by atoms with van der Waals surface area (Å²) in [6.07, 6.45) is 1.65. The molecular formula is C14H17N3O2. The van der Waals surface area contributed by atoms with E-state index in [1.807, 2.05) is 32.0 Å². The molecule has 2 rings (SSSR count). The first kappa shape index (κ1) is 13.3. The Labute approximate surface area is 111 Å². The summed E-state index contributed by atoms with van der Waals surface area (Å²) in [7, 11) is 0. The number of carbonyl (C=O) groups excluding carboxylic acids is 2. The molecule has 5 heteroatoms. The van der Waals surface area contributed by atoms with Crippen LogP contribution < -0.4 is 5.32 Å². The Bertz CT molecular complexity index is 628. The number of imidazole rings is 1. The van der Waals surface area contributed by atoms with E-state index in [0.717, 1.165) is 16.6 Å². The summed E-state index contributed by atoms with van der Waals surface area (Å²) in [6.45, 7) is 5.71. The van der Waals surface area contributed by atoms with Crippen LogP contribution in [-0.2, 0) is 15.0 Å². The minimum Gasteiger partial charge on any atom is -0.349 e. The fourth-order valence-electron chi connectivity index (χ4n) is 1.88. The number of nitrogens with one attached hydrogen (secondary N) is 2. The van der Waals surface area contributed by atoms with Crippen molar-refractivity contribution in [2.45, 2.75) is 26.2 Å². The highest BCUT2D eigenvalue weighted by Gasteiger charge is 2.22. The highest BCUT2D eigenvalue weighted by atomic mass is 16.2. The number of amides is 1. The van der Waals surface area contributed by atoms with Crippen molar-refractivity contribution >= 4 is 22.7 Å². The molecule has 0 aliphatic heterocycles. The van der Waals surface area contributed by atoms with E-state index in [1.165, 1.54) is 6.92 Å². The second kappa shape index (κ2) is 4.84. The Balaban J connectivity index is 2.18. The van der Waals surface area contributed by atoms with Gasteiger partial charge in [-0.1, -0.05) is 19.9 Å². The lowest BCUT2D eigenvalue weighted by Crippen LogP contribution is -2.39. The number of carbonyl (C=O) groups is 2. The van der Waals surface area contributed by atoms with Crippen LogP contribution in [0.5, 0.6) is 0 Å². The van der Waals surface area contributed by atoms with Crippen LogP contribution in [0.15, 0.2) is 24.5 Å². The normalized spacial score (nSPS) is 11.5. The van der Waals surface area contributed by atoms with Gasteiger partial charge in [0.15, 0.2) is 0 Å². The zero-order valence-corrected chi connectivity index (χ0v) is 11.3. The SMILES string of the molecule is CC(=O)C(=O)NCC(C)(C)c1ccc2nc[nH]c2c1. The smallest absolute Gasteiger partial charge is 0.287 e. The summed E-state index contributed by atoms with van der Waals surface area (Å²) in [5.41, 5.74) is 2.69. The van der Waals surface area contributed by atoms with Gasteiger partial charge in [0, 0.05) is 18.9 Å². The van der Waals surface area contributed by atoms with E-state index in [4.69, 9.17) is 0 Å². The monoisotopic (exact) mass is 259 g/mol. The van der Waals surface area contributed by atoms with Crippen molar-refractivity contribution in [3.63, 3.8) is 0 Å². The van der Waals surface area contributed by atoms with Crippen molar-refractivity contribution in [1.29, 1.82) is 0 Å². The molecule has 1 amide bonds. The average Bonchev–Trinajstić information content (AvgIpc) is 2.82. The quantitative estimate of drug-likeness (QED) is 0.818. The van der Waals surface area contributed by atoms with Gasteiger partial charge >= 0.3 is 0 Å². The van der Waals surface area contributed by atoms with Gasteiger partial charge in [-0.05, 0) is 17.7 Å². The third-order valence-corrected chi connectivity index (χ3v) is 3.21. The number of rotatable bonds is 4. The molecule has 5 nitrogen and oxygen atoms in total. The Morgan fingerprint density at radius 3 is 2.79 bits per heavy atom. The number of ketones is 1. The van der Waals surface area contributed by atoms with Gasteiger partial charge in [-0.25, -0.2) is 4.98 Å². The van der Waals surface area contributed by atoms with E-state index >= 15 is 0 Å². The van der Waals surface area contributed by atoms with E-state index in [2.05, 4.69) is 15.3 Å². The molecule has 19 heavy (non-hydrogen) atoms. The highest BCUT2D eigenvalue weighted by molar-refractivity contribution is 6.35. The van der Waals surface area contributed by atoms with E-state index in [1.54, 1.807) is 6.33 Å². The van der Waals surface area contributed by atoms with Crippen molar-refractivity contribution in [2.75, 3.05) is 6.54 Å². The minimum atomic E-state index is -0.546. The number of hydrogen-bond donors (Lipinski definition) is 2. The summed E-state index contributed by atoms with van der Waals surface area (Å²) in [5, 5.41) is 2.65. The molecule has 0 saturated carbocycles. The van der Waals surface area contributed by atoms with Crippen LogP contribution in [0.1, 0.15) is 26.3 Å². The van der Waals surface area contributed by atoms with Crippen molar-refractivity contribution in [2.24, 2.45) is 0 Å². The lowest BCUT2D eigenvalue weighted by Gasteiger charge is -2.25. The van der Waals surface area contributed by atoms with E-state index < -0.39 is 11.7 Å². The topological polar surface area (TPSA) is 74.8 Å². The molecule has 0 aliphatic carbocycles. The van der Waals surface area contributed by atoms with Gasteiger partial charge in [-0.15, -0.1) is 0 Å². The molecule has 1 heterocycles. The van der Waals surface area contributed by atoms with E-state index in [0.29, 0.717) is 6.54 Å². The number of H-pyrrole nitrogens is 1. The van der Waals surface area contributed by atoms with Crippen LogP contribution in [0.3, 0.4) is 0 Å². The van der Waals surface area contributed by atoms with E-state index in [-0.39, 0.29) is 5.41 Å². The number of aromatic nitrogens is 2. The van der Waals surface area contributed by atoms with Crippen molar-refractivity contribution in [1.82, 2.24) is 15.3 Å². The number of nitrogens with zero attached hydrogens (tertiary/aromatic N) is 1. The third kappa shape index (κ3) is 2.81. The molecular weight excluding hydrogens is 242 g/mol. The minimum absolute atomic E-state index is 0.260. The van der Waals surface area contributed by atoms with Gasteiger partial charge in [0.2, 0.25) is 5.78 Å². The molecule has 0 unspecified atom stereocenters. The lowest BCUT2D eigenvalue weighted by molar-refractivity contribution is -0.136. The Hall–Kier alpha value is -2.17. The first-order chi connectivity index (χ1) is 8.90. The maximum absolute atomic E-state index is 11.3. The molecule has 0 bridgehead atoms. The molecule has 2 N–H and O–H groups in total. The first-order valence-corrected chi connectivity index (χ1v) is 6.12. The van der Waals surface area contributed by atoms with Crippen molar-refractivity contribution in [3.8, 4) is 0 Å². The van der Waals surface area contributed by atoms with Crippen LogP contribution in [0.25, 0.3) is 11.0 Å². The molecule has 0 fully saturated rings. The number of Topliss-reactive ketones (excluding diaryl/α,β-unsaturated/α-hetero) is 1. The number of fused-ring (bicyclic) bond motifs is 1. The molecule has 0 saturated heterocycles. The van der Waals surface area contributed by atoms with Crippen LogP contribution in [-0.4, -0.2) is 28.2 Å². The van der Waals surface area contributed by atoms with Gasteiger partial charge < -0.3 is 10.3 Å². The standard InChI is InChI=1S/C14H17N3O2/c1-9(18)13(19)15-7-14(2,3)10-4-5-11-12(6-10)17-8-16-11/h4-6,8H,7H2,1-3H3,(H,15,19)(H,16,17). The van der Waals surface area contributed by atoms with Crippen molar-refractivity contribution < 1.29 is 9.59 Å². The Morgan fingerprint density at radius 2 is 2.11 bits per heavy atom. The summed E-state index contributed by atoms with van der Waals surface area (Å²) in [5.74, 6) is -1.02. The predicted octanol–water partition coefficient (Wildman–Crippen LogP) is 1.55. The van der Waals surface area contributed by atoms with Crippen LogP contribution in [0.2, 0.25) is 0 Å². The van der Waals surface area contributed by atoms with Gasteiger partial charge in [0.25, 0.3) is 5.91 Å². The van der Waals surface area contributed by atoms with Crippen molar-refractivity contribution in [3.05, 3.63) is 30.1 Å². The number of hydrogen-bond acceptors (Lipinski definition) is 3. The number of benzene rings is 1. The van der Waals surface area contributed by atoms with Gasteiger partial charge in [-0.2, -0.15) is 0 Å². The molecule has 0 spiro atoms. The zero-order valence-electron chi connectivity index (χ0n) is 11.3. The third-order valence-electron chi connectivity index (χ3n) is 3.21. The lowest BCUT2D eigenvalue weighted by atomic mass is 9.84. The van der Waals surface area contributed by atoms with Gasteiger partial charge in [0.1, 0.15) is 0 Å². The fourth-order valence-corrected chi connectivity index (χ4v) is 1.88. The Kier molecular flexibility index (Phi) is 3.38.